The van der Waals surface area contributed by atoms with Gasteiger partial charge in [0.05, 0.1) is 6.04 Å². The molecule has 1 atom stereocenters. The normalized spacial score (nSPS) is 17.9. The SMILES string of the molecule is CN1CCN(C(=O)c2ccc(-c3ccc(F)cc3)o2)C(c2ccccc2)C1. The van der Waals surface area contributed by atoms with E-state index < -0.39 is 0 Å². The van der Waals surface area contributed by atoms with E-state index in [2.05, 4.69) is 24.1 Å². The third kappa shape index (κ3) is 3.64. The van der Waals surface area contributed by atoms with Gasteiger partial charge < -0.3 is 14.2 Å². The second-order valence-electron chi connectivity index (χ2n) is 6.86. The first kappa shape index (κ1) is 17.5. The minimum atomic E-state index is -0.301. The molecule has 138 valence electrons. The maximum absolute atomic E-state index is 13.1. The minimum absolute atomic E-state index is 0.0168. The van der Waals surface area contributed by atoms with Gasteiger partial charge >= 0.3 is 0 Å². The molecule has 0 radical (unpaired) electrons. The summed E-state index contributed by atoms with van der Waals surface area (Å²) in [6.07, 6.45) is 0. The molecule has 4 rings (SSSR count). The molecule has 27 heavy (non-hydrogen) atoms. The first-order chi connectivity index (χ1) is 13.1. The first-order valence-electron chi connectivity index (χ1n) is 9.02. The van der Waals surface area contributed by atoms with Gasteiger partial charge in [-0.15, -0.1) is 0 Å². The van der Waals surface area contributed by atoms with Gasteiger partial charge in [0.1, 0.15) is 11.6 Å². The molecule has 2 aromatic carbocycles. The Balaban J connectivity index is 1.60. The largest absolute Gasteiger partial charge is 0.451 e. The highest BCUT2D eigenvalue weighted by molar-refractivity contribution is 5.92. The van der Waals surface area contributed by atoms with Gasteiger partial charge in [-0.2, -0.15) is 0 Å². The number of hydrogen-bond acceptors (Lipinski definition) is 3. The number of benzene rings is 2. The number of nitrogens with zero attached hydrogens (tertiary/aromatic N) is 2. The average molecular weight is 364 g/mol. The van der Waals surface area contributed by atoms with Crippen molar-refractivity contribution in [2.75, 3.05) is 26.7 Å². The van der Waals surface area contributed by atoms with E-state index in [-0.39, 0.29) is 17.8 Å². The molecule has 0 saturated carbocycles. The number of rotatable bonds is 3. The van der Waals surface area contributed by atoms with Crippen LogP contribution in [0.1, 0.15) is 22.2 Å². The van der Waals surface area contributed by atoms with E-state index in [9.17, 15) is 9.18 Å². The Morgan fingerprint density at radius 1 is 1.00 bits per heavy atom. The number of carbonyl (C=O) groups is 1. The van der Waals surface area contributed by atoms with Crippen molar-refractivity contribution < 1.29 is 13.6 Å². The van der Waals surface area contributed by atoms with E-state index in [0.29, 0.717) is 18.1 Å². The Labute approximate surface area is 157 Å². The van der Waals surface area contributed by atoms with Gasteiger partial charge in [0.25, 0.3) is 5.91 Å². The van der Waals surface area contributed by atoms with Crippen molar-refractivity contribution in [3.8, 4) is 11.3 Å². The summed E-state index contributed by atoms with van der Waals surface area (Å²) in [5.74, 6) is 0.443. The predicted molar refractivity (Wildman–Crippen MR) is 102 cm³/mol. The summed E-state index contributed by atoms with van der Waals surface area (Å²) >= 11 is 0. The summed E-state index contributed by atoms with van der Waals surface area (Å²) in [5.41, 5.74) is 1.86. The minimum Gasteiger partial charge on any atom is -0.451 e. The van der Waals surface area contributed by atoms with Crippen LogP contribution in [0.3, 0.4) is 0 Å². The molecule has 2 heterocycles. The zero-order chi connectivity index (χ0) is 18.8. The van der Waals surface area contributed by atoms with Crippen LogP contribution in [0.25, 0.3) is 11.3 Å². The smallest absolute Gasteiger partial charge is 0.290 e. The zero-order valence-corrected chi connectivity index (χ0v) is 15.1. The lowest BCUT2D eigenvalue weighted by Crippen LogP contribution is -2.49. The van der Waals surface area contributed by atoms with Crippen LogP contribution in [0, 0.1) is 5.82 Å². The van der Waals surface area contributed by atoms with Crippen LogP contribution >= 0.6 is 0 Å². The van der Waals surface area contributed by atoms with Crippen molar-refractivity contribution in [3.05, 3.63) is 83.9 Å². The Morgan fingerprint density at radius 3 is 2.48 bits per heavy atom. The monoisotopic (exact) mass is 364 g/mol. The van der Waals surface area contributed by atoms with Gasteiger partial charge in [-0.25, -0.2) is 4.39 Å². The maximum Gasteiger partial charge on any atom is 0.290 e. The molecule has 1 aromatic heterocycles. The van der Waals surface area contributed by atoms with E-state index in [0.717, 1.165) is 24.2 Å². The molecule has 4 nitrogen and oxygen atoms in total. The van der Waals surface area contributed by atoms with Crippen LogP contribution in [-0.2, 0) is 0 Å². The van der Waals surface area contributed by atoms with Gasteiger partial charge in [-0.05, 0) is 49.0 Å². The molecule has 1 unspecified atom stereocenters. The lowest BCUT2D eigenvalue weighted by molar-refractivity contribution is 0.0468. The fourth-order valence-corrected chi connectivity index (χ4v) is 3.49. The van der Waals surface area contributed by atoms with Gasteiger partial charge in [-0.1, -0.05) is 30.3 Å². The number of furan rings is 1. The van der Waals surface area contributed by atoms with Crippen molar-refractivity contribution in [2.24, 2.45) is 0 Å². The van der Waals surface area contributed by atoms with Crippen molar-refractivity contribution >= 4 is 5.91 Å². The van der Waals surface area contributed by atoms with Crippen LogP contribution in [0.5, 0.6) is 0 Å². The first-order valence-corrected chi connectivity index (χ1v) is 9.02. The number of halogens is 1. The van der Waals surface area contributed by atoms with Crippen LogP contribution in [-0.4, -0.2) is 42.4 Å². The van der Waals surface area contributed by atoms with E-state index in [1.165, 1.54) is 12.1 Å². The lowest BCUT2D eigenvalue weighted by Gasteiger charge is -2.40. The Morgan fingerprint density at radius 2 is 1.74 bits per heavy atom. The summed E-state index contributed by atoms with van der Waals surface area (Å²) in [6.45, 7) is 2.24. The summed E-state index contributed by atoms with van der Waals surface area (Å²) in [6, 6.07) is 19.5. The van der Waals surface area contributed by atoms with E-state index in [1.54, 1.807) is 24.3 Å². The molecule has 1 saturated heterocycles. The van der Waals surface area contributed by atoms with Crippen molar-refractivity contribution in [1.29, 1.82) is 0 Å². The quantitative estimate of drug-likeness (QED) is 0.698. The highest BCUT2D eigenvalue weighted by Crippen LogP contribution is 2.29. The summed E-state index contributed by atoms with van der Waals surface area (Å²) in [4.78, 5) is 17.2. The van der Waals surface area contributed by atoms with Gasteiger partial charge in [0.15, 0.2) is 5.76 Å². The van der Waals surface area contributed by atoms with Gasteiger partial charge in [0, 0.05) is 25.2 Å². The number of amides is 1. The van der Waals surface area contributed by atoms with Gasteiger partial charge in [0.2, 0.25) is 0 Å². The average Bonchev–Trinajstić information content (AvgIpc) is 3.19. The number of carbonyl (C=O) groups excluding carboxylic acids is 1. The van der Waals surface area contributed by atoms with E-state index in [1.807, 2.05) is 23.1 Å². The molecule has 1 aliphatic heterocycles. The third-order valence-electron chi connectivity index (χ3n) is 4.97. The van der Waals surface area contributed by atoms with Gasteiger partial charge in [-0.3, -0.25) is 4.79 Å². The molecule has 0 N–H and O–H groups in total. The highest BCUT2D eigenvalue weighted by atomic mass is 19.1. The topological polar surface area (TPSA) is 36.7 Å². The zero-order valence-electron chi connectivity index (χ0n) is 15.1. The third-order valence-corrected chi connectivity index (χ3v) is 4.97. The fraction of sp³-hybridized carbons (Fsp3) is 0.227. The molecular formula is C22H21FN2O2. The molecule has 0 spiro atoms. The number of likely N-dealkylation sites (N-methyl/N-ethyl adjacent to an activating group) is 1. The molecule has 1 amide bonds. The van der Waals surface area contributed by atoms with Crippen molar-refractivity contribution in [1.82, 2.24) is 9.80 Å². The Bertz CT molecular complexity index is 921. The number of piperazine rings is 1. The summed E-state index contributed by atoms with van der Waals surface area (Å²) < 4.78 is 18.9. The Hall–Kier alpha value is -2.92. The molecule has 0 bridgehead atoms. The molecule has 3 aromatic rings. The van der Waals surface area contributed by atoms with Crippen LogP contribution in [0.4, 0.5) is 4.39 Å². The molecule has 1 aliphatic rings. The maximum atomic E-state index is 13.1. The molecule has 5 heteroatoms. The van der Waals surface area contributed by atoms with Crippen LogP contribution in [0.2, 0.25) is 0 Å². The second-order valence-corrected chi connectivity index (χ2v) is 6.86. The van der Waals surface area contributed by atoms with Crippen molar-refractivity contribution in [2.45, 2.75) is 6.04 Å². The fourth-order valence-electron chi connectivity index (χ4n) is 3.49. The highest BCUT2D eigenvalue weighted by Gasteiger charge is 2.32. The second kappa shape index (κ2) is 7.37. The van der Waals surface area contributed by atoms with Crippen LogP contribution < -0.4 is 0 Å². The van der Waals surface area contributed by atoms with Crippen LogP contribution in [0.15, 0.2) is 71.1 Å². The van der Waals surface area contributed by atoms with E-state index in [4.69, 9.17) is 4.42 Å². The molecular weight excluding hydrogens is 343 g/mol. The Kier molecular flexibility index (Phi) is 4.77. The predicted octanol–water partition coefficient (Wildman–Crippen LogP) is 4.21. The number of hydrogen-bond donors (Lipinski definition) is 0. The van der Waals surface area contributed by atoms with Crippen molar-refractivity contribution in [3.63, 3.8) is 0 Å². The molecule has 0 aliphatic carbocycles. The standard InChI is InChI=1S/C22H21FN2O2/c1-24-13-14-25(19(15-24)16-5-3-2-4-6-16)22(26)21-12-11-20(27-21)17-7-9-18(23)10-8-17/h2-12,19H,13-15H2,1H3. The summed E-state index contributed by atoms with van der Waals surface area (Å²) in [7, 11) is 2.07. The lowest BCUT2D eigenvalue weighted by atomic mass is 10.0. The van der Waals surface area contributed by atoms with E-state index >= 15 is 0 Å². The molecule has 1 fully saturated rings. The summed E-state index contributed by atoms with van der Waals surface area (Å²) in [5, 5.41) is 0.